The minimum atomic E-state index is -4.08. The summed E-state index contributed by atoms with van der Waals surface area (Å²) in [6.07, 6.45) is -4.82. The van der Waals surface area contributed by atoms with Gasteiger partial charge in [0.25, 0.3) is 0 Å². The highest BCUT2D eigenvalue weighted by Crippen LogP contribution is 2.22. The lowest BCUT2D eigenvalue weighted by atomic mass is 10.0. The highest BCUT2D eigenvalue weighted by atomic mass is 19.4. The molecule has 0 spiro atoms. The lowest BCUT2D eigenvalue weighted by Crippen LogP contribution is -2.46. The van der Waals surface area contributed by atoms with Crippen LogP contribution >= 0.6 is 0 Å². The quantitative estimate of drug-likeness (QED) is 0.905. The number of nitrogens with one attached hydrogen (secondary N) is 1. The average Bonchev–Trinajstić information content (AvgIpc) is 2.46. The number of nitrogens with zero attached hydrogens (tertiary/aromatic N) is 1. The summed E-state index contributed by atoms with van der Waals surface area (Å²) < 4.78 is 41.9. The van der Waals surface area contributed by atoms with Gasteiger partial charge in [0.05, 0.1) is 13.0 Å². The van der Waals surface area contributed by atoms with Gasteiger partial charge < -0.3 is 10.1 Å². The highest BCUT2D eigenvalue weighted by molar-refractivity contribution is 5.25. The minimum absolute atomic E-state index is 0.0729. The van der Waals surface area contributed by atoms with E-state index in [1.165, 1.54) is 0 Å². The smallest absolute Gasteiger partial charge is 0.380 e. The van der Waals surface area contributed by atoms with E-state index in [4.69, 9.17) is 4.74 Å². The Morgan fingerprint density at radius 2 is 2.00 bits per heavy atom. The Morgan fingerprint density at radius 3 is 2.62 bits per heavy atom. The van der Waals surface area contributed by atoms with E-state index >= 15 is 0 Å². The first-order valence-electron chi connectivity index (χ1n) is 7.08. The molecule has 1 saturated heterocycles. The van der Waals surface area contributed by atoms with Crippen LogP contribution in [0.25, 0.3) is 0 Å². The van der Waals surface area contributed by atoms with E-state index in [2.05, 4.69) is 5.32 Å². The third-order valence-electron chi connectivity index (χ3n) is 3.66. The van der Waals surface area contributed by atoms with Crippen molar-refractivity contribution >= 4 is 0 Å². The van der Waals surface area contributed by atoms with Crippen LogP contribution in [-0.4, -0.2) is 44.4 Å². The molecule has 0 saturated carbocycles. The van der Waals surface area contributed by atoms with E-state index < -0.39 is 12.6 Å². The molecule has 1 N–H and O–H groups in total. The molecule has 2 rings (SSSR count). The first kappa shape index (κ1) is 16.3. The Bertz CT molecular complexity index is 434. The molecule has 1 aromatic rings. The third kappa shape index (κ3) is 5.30. The fraction of sp³-hybridized carbons (Fsp3) is 0.600. The number of hydrogen-bond donors (Lipinski definition) is 1. The minimum Gasteiger partial charge on any atom is -0.380 e. The predicted octanol–water partition coefficient (Wildman–Crippen LogP) is 2.73. The van der Waals surface area contributed by atoms with Crippen molar-refractivity contribution in [3.05, 3.63) is 35.4 Å². The Balaban J connectivity index is 1.91. The van der Waals surface area contributed by atoms with Crippen molar-refractivity contribution in [3.8, 4) is 0 Å². The van der Waals surface area contributed by atoms with Crippen molar-refractivity contribution in [1.29, 1.82) is 0 Å². The second-order valence-electron chi connectivity index (χ2n) is 5.35. The molecule has 1 unspecified atom stereocenters. The van der Waals surface area contributed by atoms with Crippen LogP contribution in [0.5, 0.6) is 0 Å². The maximum absolute atomic E-state index is 12.3. The molecule has 1 atom stereocenters. The van der Waals surface area contributed by atoms with E-state index in [0.717, 1.165) is 11.1 Å². The third-order valence-corrected chi connectivity index (χ3v) is 3.66. The number of hydrogen-bond acceptors (Lipinski definition) is 3. The lowest BCUT2D eigenvalue weighted by Gasteiger charge is -2.34. The van der Waals surface area contributed by atoms with Gasteiger partial charge in [0, 0.05) is 39.3 Å². The van der Waals surface area contributed by atoms with Gasteiger partial charge >= 0.3 is 6.18 Å². The fourth-order valence-electron chi connectivity index (χ4n) is 2.54. The number of ether oxygens (including phenoxy) is 1. The van der Waals surface area contributed by atoms with Crippen LogP contribution in [-0.2, 0) is 11.3 Å². The van der Waals surface area contributed by atoms with Crippen molar-refractivity contribution in [2.24, 2.45) is 0 Å². The monoisotopic (exact) mass is 302 g/mol. The number of halogens is 3. The van der Waals surface area contributed by atoms with Crippen LogP contribution in [0, 0.1) is 0 Å². The van der Waals surface area contributed by atoms with E-state index in [0.29, 0.717) is 26.2 Å². The van der Waals surface area contributed by atoms with E-state index in [1.54, 1.807) is 7.11 Å². The summed E-state index contributed by atoms with van der Waals surface area (Å²) in [5, 5.41) is 3.36. The van der Waals surface area contributed by atoms with Crippen molar-refractivity contribution in [2.45, 2.75) is 25.2 Å². The van der Waals surface area contributed by atoms with Crippen LogP contribution in [0.3, 0.4) is 0 Å². The summed E-state index contributed by atoms with van der Waals surface area (Å²) in [5.74, 6) is 0. The molecule has 1 aliphatic rings. The van der Waals surface area contributed by atoms with Gasteiger partial charge in [0.2, 0.25) is 0 Å². The van der Waals surface area contributed by atoms with Crippen LogP contribution in [0.2, 0.25) is 0 Å². The first-order chi connectivity index (χ1) is 9.98. The molecule has 3 nitrogen and oxygen atoms in total. The van der Waals surface area contributed by atoms with Gasteiger partial charge in [0.15, 0.2) is 0 Å². The van der Waals surface area contributed by atoms with Crippen LogP contribution in [0.15, 0.2) is 24.3 Å². The van der Waals surface area contributed by atoms with Crippen molar-refractivity contribution < 1.29 is 17.9 Å². The van der Waals surface area contributed by atoms with Gasteiger partial charge in [0.1, 0.15) is 0 Å². The van der Waals surface area contributed by atoms with Gasteiger partial charge in [-0.2, -0.15) is 13.2 Å². The zero-order valence-electron chi connectivity index (χ0n) is 12.1. The zero-order chi connectivity index (χ0) is 15.3. The van der Waals surface area contributed by atoms with Gasteiger partial charge in [-0.05, 0) is 11.1 Å². The van der Waals surface area contributed by atoms with Crippen molar-refractivity contribution in [3.63, 3.8) is 0 Å². The lowest BCUT2D eigenvalue weighted by molar-refractivity contribution is -0.138. The first-order valence-corrected chi connectivity index (χ1v) is 7.08. The Labute approximate surface area is 123 Å². The molecule has 21 heavy (non-hydrogen) atoms. The second-order valence-corrected chi connectivity index (χ2v) is 5.35. The topological polar surface area (TPSA) is 24.5 Å². The summed E-state index contributed by atoms with van der Waals surface area (Å²) in [5.41, 5.74) is 2.19. The van der Waals surface area contributed by atoms with E-state index in [-0.39, 0.29) is 12.6 Å². The molecule has 1 aliphatic heterocycles. The summed E-state index contributed by atoms with van der Waals surface area (Å²) >= 11 is 0. The summed E-state index contributed by atoms with van der Waals surface area (Å²) in [7, 11) is 1.65. The molecule has 0 aromatic heterocycles. The van der Waals surface area contributed by atoms with Crippen molar-refractivity contribution in [2.75, 3.05) is 33.3 Å². The summed E-state index contributed by atoms with van der Waals surface area (Å²) in [6.45, 7) is 2.62. The molecule has 1 aromatic carbocycles. The van der Waals surface area contributed by atoms with Crippen LogP contribution < -0.4 is 5.32 Å². The standard InChI is InChI=1S/C15H21F3N2O/c1-21-11-12-2-4-13(5-3-12)14-10-20(9-7-19-14)8-6-15(16,17)18/h2-5,14,19H,6-11H2,1H3. The highest BCUT2D eigenvalue weighted by Gasteiger charge is 2.29. The molecule has 0 bridgehead atoms. The maximum Gasteiger partial charge on any atom is 0.390 e. The molecule has 0 radical (unpaired) electrons. The van der Waals surface area contributed by atoms with Crippen molar-refractivity contribution in [1.82, 2.24) is 10.2 Å². The Kier molecular flexibility index (Phi) is 5.61. The van der Waals surface area contributed by atoms with Gasteiger partial charge in [-0.15, -0.1) is 0 Å². The molecule has 0 amide bonds. The van der Waals surface area contributed by atoms with E-state index in [1.807, 2.05) is 29.2 Å². The molecule has 0 aliphatic carbocycles. The SMILES string of the molecule is COCc1ccc(C2CN(CCC(F)(F)F)CCN2)cc1. The number of methoxy groups -OCH3 is 1. The second kappa shape index (κ2) is 7.24. The molecule has 1 fully saturated rings. The largest absolute Gasteiger partial charge is 0.390 e. The Morgan fingerprint density at radius 1 is 1.29 bits per heavy atom. The normalized spacial score (nSPS) is 20.7. The van der Waals surface area contributed by atoms with E-state index in [9.17, 15) is 13.2 Å². The molecular formula is C15H21F3N2O. The van der Waals surface area contributed by atoms with Gasteiger partial charge in [-0.1, -0.05) is 24.3 Å². The molecule has 118 valence electrons. The van der Waals surface area contributed by atoms with Crippen LogP contribution in [0.4, 0.5) is 13.2 Å². The number of benzene rings is 1. The number of alkyl halides is 3. The number of rotatable bonds is 5. The van der Waals surface area contributed by atoms with Gasteiger partial charge in [-0.3, -0.25) is 4.90 Å². The maximum atomic E-state index is 12.3. The predicted molar refractivity (Wildman–Crippen MR) is 75.0 cm³/mol. The zero-order valence-corrected chi connectivity index (χ0v) is 12.1. The molecular weight excluding hydrogens is 281 g/mol. The molecule has 6 heteroatoms. The molecule has 1 heterocycles. The summed E-state index contributed by atoms with van der Waals surface area (Å²) in [6, 6.07) is 8.10. The number of piperazine rings is 1. The Hall–Kier alpha value is -1.11. The summed E-state index contributed by atoms with van der Waals surface area (Å²) in [4.78, 5) is 1.87. The fourth-order valence-corrected chi connectivity index (χ4v) is 2.54. The van der Waals surface area contributed by atoms with Crippen LogP contribution in [0.1, 0.15) is 23.6 Å². The average molecular weight is 302 g/mol. The van der Waals surface area contributed by atoms with Gasteiger partial charge in [-0.25, -0.2) is 0 Å².